The summed E-state index contributed by atoms with van der Waals surface area (Å²) in [6, 6.07) is 0. The van der Waals surface area contributed by atoms with Crippen LogP contribution in [-0.2, 0) is 4.84 Å². The third-order valence-electron chi connectivity index (χ3n) is 2.98. The molecule has 0 bridgehead atoms. The number of hydrogen-bond acceptors (Lipinski definition) is 2. The van der Waals surface area contributed by atoms with E-state index in [0.717, 1.165) is 6.54 Å². The van der Waals surface area contributed by atoms with Gasteiger partial charge in [0.05, 0.1) is 7.11 Å². The summed E-state index contributed by atoms with van der Waals surface area (Å²) in [5.74, 6) is 0. The highest BCUT2D eigenvalue weighted by Gasteiger charge is 2.13. The lowest BCUT2D eigenvalue weighted by molar-refractivity contribution is 0.0904. The molecule has 0 amide bonds. The number of unbranched alkanes of at least 4 members (excludes halogenated alkanes) is 3. The molecular formula is C12H27NO. The van der Waals surface area contributed by atoms with Crippen molar-refractivity contribution in [3.63, 3.8) is 0 Å². The quantitative estimate of drug-likeness (QED) is 0.455. The Hall–Kier alpha value is -0.0800. The summed E-state index contributed by atoms with van der Waals surface area (Å²) in [6.45, 7) is 7.98. The molecule has 0 unspecified atom stereocenters. The molecule has 2 nitrogen and oxygen atoms in total. The standard InChI is InChI=1S/C12H27NO/c1-5-12(2,3)10-8-6-7-9-11-13-14-4/h13H,5-11H2,1-4H3. The monoisotopic (exact) mass is 201 g/mol. The van der Waals surface area contributed by atoms with Crippen LogP contribution >= 0.6 is 0 Å². The van der Waals surface area contributed by atoms with Crippen LogP contribution in [0, 0.1) is 5.41 Å². The molecule has 14 heavy (non-hydrogen) atoms. The van der Waals surface area contributed by atoms with Gasteiger partial charge in [0.15, 0.2) is 0 Å². The Labute approximate surface area is 89.4 Å². The summed E-state index contributed by atoms with van der Waals surface area (Å²) >= 11 is 0. The molecule has 0 aliphatic carbocycles. The van der Waals surface area contributed by atoms with Crippen LogP contribution in [0.15, 0.2) is 0 Å². The van der Waals surface area contributed by atoms with E-state index in [2.05, 4.69) is 26.3 Å². The summed E-state index contributed by atoms with van der Waals surface area (Å²) in [6.07, 6.45) is 7.92. The molecule has 0 aliphatic rings. The van der Waals surface area contributed by atoms with E-state index < -0.39 is 0 Å². The zero-order valence-corrected chi connectivity index (χ0v) is 10.4. The molecule has 0 aliphatic heterocycles. The van der Waals surface area contributed by atoms with Crippen molar-refractivity contribution in [1.29, 1.82) is 0 Å². The fraction of sp³-hybridized carbons (Fsp3) is 1.00. The van der Waals surface area contributed by atoms with Crippen molar-refractivity contribution in [2.45, 2.75) is 59.3 Å². The Morgan fingerprint density at radius 3 is 2.29 bits per heavy atom. The molecule has 0 atom stereocenters. The molecule has 0 saturated heterocycles. The van der Waals surface area contributed by atoms with Gasteiger partial charge in [0.1, 0.15) is 0 Å². The second-order valence-electron chi connectivity index (χ2n) is 4.78. The van der Waals surface area contributed by atoms with Gasteiger partial charge in [-0.15, -0.1) is 0 Å². The second-order valence-corrected chi connectivity index (χ2v) is 4.78. The number of nitrogens with one attached hydrogen (secondary N) is 1. The Morgan fingerprint density at radius 2 is 1.71 bits per heavy atom. The maximum Gasteiger partial charge on any atom is 0.0572 e. The van der Waals surface area contributed by atoms with E-state index in [1.54, 1.807) is 7.11 Å². The molecule has 0 heterocycles. The average Bonchev–Trinajstić information content (AvgIpc) is 2.16. The van der Waals surface area contributed by atoms with Gasteiger partial charge < -0.3 is 4.84 Å². The fourth-order valence-corrected chi connectivity index (χ4v) is 1.43. The van der Waals surface area contributed by atoms with Gasteiger partial charge in [-0.1, -0.05) is 46.5 Å². The average molecular weight is 201 g/mol. The minimum absolute atomic E-state index is 0.546. The highest BCUT2D eigenvalue weighted by Crippen LogP contribution is 2.27. The van der Waals surface area contributed by atoms with Gasteiger partial charge in [-0.2, -0.15) is 0 Å². The van der Waals surface area contributed by atoms with Crippen LogP contribution in [-0.4, -0.2) is 13.7 Å². The molecule has 0 radical (unpaired) electrons. The van der Waals surface area contributed by atoms with Crippen LogP contribution in [0.3, 0.4) is 0 Å². The lowest BCUT2D eigenvalue weighted by atomic mass is 9.84. The molecule has 0 rings (SSSR count). The molecule has 0 fully saturated rings. The Balaban J connectivity index is 3.13. The summed E-state index contributed by atoms with van der Waals surface area (Å²) in [5, 5.41) is 0. The maximum atomic E-state index is 4.77. The first-order valence-electron chi connectivity index (χ1n) is 5.88. The van der Waals surface area contributed by atoms with E-state index in [1.165, 1.54) is 38.5 Å². The van der Waals surface area contributed by atoms with Gasteiger partial charge in [0, 0.05) is 6.54 Å². The number of hydroxylamine groups is 1. The van der Waals surface area contributed by atoms with Crippen LogP contribution < -0.4 is 5.48 Å². The molecule has 2 heteroatoms. The van der Waals surface area contributed by atoms with E-state index in [1.807, 2.05) is 0 Å². The highest BCUT2D eigenvalue weighted by molar-refractivity contribution is 4.65. The molecule has 1 N–H and O–H groups in total. The van der Waals surface area contributed by atoms with Gasteiger partial charge in [-0.25, -0.2) is 5.48 Å². The number of rotatable bonds is 9. The summed E-state index contributed by atoms with van der Waals surface area (Å²) in [4.78, 5) is 4.77. The first-order valence-corrected chi connectivity index (χ1v) is 5.88. The van der Waals surface area contributed by atoms with Crippen molar-refractivity contribution < 1.29 is 4.84 Å². The normalized spacial score (nSPS) is 12.0. The van der Waals surface area contributed by atoms with Crippen molar-refractivity contribution in [1.82, 2.24) is 5.48 Å². The van der Waals surface area contributed by atoms with Crippen LogP contribution in [0.1, 0.15) is 59.3 Å². The summed E-state index contributed by atoms with van der Waals surface area (Å²) < 4.78 is 0. The fourth-order valence-electron chi connectivity index (χ4n) is 1.43. The van der Waals surface area contributed by atoms with Gasteiger partial charge >= 0.3 is 0 Å². The third kappa shape index (κ3) is 8.52. The molecule has 0 aromatic heterocycles. The lowest BCUT2D eigenvalue weighted by Crippen LogP contribution is -2.13. The predicted molar refractivity (Wildman–Crippen MR) is 62.2 cm³/mol. The Bertz CT molecular complexity index is 123. The van der Waals surface area contributed by atoms with Crippen LogP contribution in [0.5, 0.6) is 0 Å². The molecule has 0 saturated carbocycles. The number of hydrogen-bond donors (Lipinski definition) is 1. The van der Waals surface area contributed by atoms with Gasteiger partial charge in [0.2, 0.25) is 0 Å². The van der Waals surface area contributed by atoms with Crippen molar-refractivity contribution >= 4 is 0 Å². The zero-order valence-electron chi connectivity index (χ0n) is 10.4. The van der Waals surface area contributed by atoms with E-state index in [4.69, 9.17) is 4.84 Å². The summed E-state index contributed by atoms with van der Waals surface area (Å²) in [5.41, 5.74) is 3.41. The Morgan fingerprint density at radius 1 is 1.07 bits per heavy atom. The smallest absolute Gasteiger partial charge is 0.0572 e. The van der Waals surface area contributed by atoms with Crippen molar-refractivity contribution in [3.8, 4) is 0 Å². The predicted octanol–water partition coefficient (Wildman–Crippen LogP) is 3.52. The first-order chi connectivity index (χ1) is 6.62. The van der Waals surface area contributed by atoms with Gasteiger partial charge in [0.25, 0.3) is 0 Å². The maximum absolute atomic E-state index is 4.77. The topological polar surface area (TPSA) is 21.3 Å². The van der Waals surface area contributed by atoms with Gasteiger partial charge in [-0.3, -0.25) is 0 Å². The van der Waals surface area contributed by atoms with E-state index >= 15 is 0 Å². The molecule has 0 spiro atoms. The SMILES string of the molecule is CCC(C)(C)CCCCCCNOC. The van der Waals surface area contributed by atoms with Crippen molar-refractivity contribution in [2.24, 2.45) is 5.41 Å². The Kier molecular flexibility index (Phi) is 8.20. The lowest BCUT2D eigenvalue weighted by Gasteiger charge is -2.22. The van der Waals surface area contributed by atoms with Crippen LogP contribution in [0.4, 0.5) is 0 Å². The first kappa shape index (κ1) is 13.9. The van der Waals surface area contributed by atoms with Crippen LogP contribution in [0.2, 0.25) is 0 Å². The summed E-state index contributed by atoms with van der Waals surface area (Å²) in [7, 11) is 1.67. The van der Waals surface area contributed by atoms with Crippen molar-refractivity contribution in [3.05, 3.63) is 0 Å². The largest absolute Gasteiger partial charge is 0.305 e. The molecule has 0 aromatic carbocycles. The molecular weight excluding hydrogens is 174 g/mol. The molecule has 0 aromatic rings. The third-order valence-corrected chi connectivity index (χ3v) is 2.98. The molecule has 86 valence electrons. The minimum atomic E-state index is 0.546. The van der Waals surface area contributed by atoms with E-state index in [0.29, 0.717) is 5.41 Å². The zero-order chi connectivity index (χ0) is 10.9. The van der Waals surface area contributed by atoms with Crippen molar-refractivity contribution in [2.75, 3.05) is 13.7 Å². The van der Waals surface area contributed by atoms with E-state index in [-0.39, 0.29) is 0 Å². The van der Waals surface area contributed by atoms with E-state index in [9.17, 15) is 0 Å². The van der Waals surface area contributed by atoms with Gasteiger partial charge in [-0.05, 0) is 18.3 Å². The highest BCUT2D eigenvalue weighted by atomic mass is 16.6. The minimum Gasteiger partial charge on any atom is -0.305 e. The second kappa shape index (κ2) is 8.25. The van der Waals surface area contributed by atoms with Crippen LogP contribution in [0.25, 0.3) is 0 Å².